The van der Waals surface area contributed by atoms with Gasteiger partial charge in [-0.05, 0) is 25.5 Å². The third-order valence-corrected chi connectivity index (χ3v) is 8.42. The molecule has 0 radical (unpaired) electrons. The van der Waals surface area contributed by atoms with Gasteiger partial charge in [0.15, 0.2) is 0 Å². The number of nitriles is 1. The molecule has 0 amide bonds. The zero-order valence-electron chi connectivity index (χ0n) is 15.4. The molecule has 134 valence electrons. The summed E-state index contributed by atoms with van der Waals surface area (Å²) in [5, 5.41) is 10.5. The molecule has 1 aromatic rings. The van der Waals surface area contributed by atoms with Crippen LogP contribution >= 0.6 is 0 Å². The first-order valence-corrected chi connectivity index (χ1v) is 13.4. The van der Waals surface area contributed by atoms with Gasteiger partial charge >= 0.3 is 0 Å². The van der Waals surface area contributed by atoms with Crippen molar-refractivity contribution in [2.75, 3.05) is 13.1 Å². The van der Waals surface area contributed by atoms with E-state index < -0.39 is 18.1 Å². The molecule has 0 bridgehead atoms. The lowest BCUT2D eigenvalue weighted by atomic mass is 9.92. The third-order valence-electron chi connectivity index (χ3n) is 4.60. The van der Waals surface area contributed by atoms with Gasteiger partial charge < -0.3 is 0 Å². The van der Waals surface area contributed by atoms with E-state index in [1.165, 1.54) is 4.31 Å². The maximum Gasteiger partial charge on any atom is 0.243 e. The van der Waals surface area contributed by atoms with Crippen LogP contribution in [0.25, 0.3) is 0 Å². The van der Waals surface area contributed by atoms with Crippen LogP contribution < -0.4 is 0 Å². The van der Waals surface area contributed by atoms with Crippen LogP contribution in [-0.2, 0) is 10.0 Å². The van der Waals surface area contributed by atoms with Gasteiger partial charge in [0, 0.05) is 24.2 Å². The summed E-state index contributed by atoms with van der Waals surface area (Å²) in [6.07, 6.45) is 2.37. The molecule has 25 heavy (non-hydrogen) atoms. The number of aryl methyl sites for hydroxylation is 1. The second-order valence-corrected chi connectivity index (χ2v) is 14.5. The fourth-order valence-electron chi connectivity index (χ4n) is 3.18. The van der Waals surface area contributed by atoms with Crippen molar-refractivity contribution in [1.29, 1.82) is 5.26 Å². The van der Waals surface area contributed by atoms with Gasteiger partial charge in [-0.2, -0.15) is 9.57 Å². The molecule has 0 saturated carbocycles. The number of rotatable bonds is 4. The van der Waals surface area contributed by atoms with E-state index >= 15 is 0 Å². The summed E-state index contributed by atoms with van der Waals surface area (Å²) < 4.78 is 27.4. The van der Waals surface area contributed by atoms with Crippen LogP contribution in [0.4, 0.5) is 0 Å². The van der Waals surface area contributed by atoms with E-state index in [4.69, 9.17) is 0 Å². The molecule has 1 atom stereocenters. The minimum atomic E-state index is -3.52. The number of benzene rings is 1. The predicted octanol–water partition coefficient (Wildman–Crippen LogP) is 3.89. The number of piperidine rings is 1. The van der Waals surface area contributed by atoms with E-state index in [1.54, 1.807) is 18.2 Å². The van der Waals surface area contributed by atoms with Crippen molar-refractivity contribution in [3.8, 4) is 6.07 Å². The highest BCUT2D eigenvalue weighted by Gasteiger charge is 2.35. The Morgan fingerprint density at radius 3 is 2.40 bits per heavy atom. The maximum atomic E-state index is 12.9. The molecular formula is C19H26N2O2SSi. The van der Waals surface area contributed by atoms with Gasteiger partial charge in [0.25, 0.3) is 0 Å². The SMILES string of the molecule is C=CC1CN(S(=O)(=O)c2ccc(C)cc2)CC/C1=C(\C#N)[Si](C)(C)C. The molecule has 1 aliphatic rings. The topological polar surface area (TPSA) is 61.2 Å². The Morgan fingerprint density at radius 1 is 1.32 bits per heavy atom. The lowest BCUT2D eigenvalue weighted by Gasteiger charge is -2.35. The molecule has 6 heteroatoms. The molecule has 0 spiro atoms. The Bertz CT molecular complexity index is 828. The molecule has 1 aromatic carbocycles. The summed E-state index contributed by atoms with van der Waals surface area (Å²) >= 11 is 0. The van der Waals surface area contributed by atoms with E-state index in [1.807, 2.05) is 19.1 Å². The van der Waals surface area contributed by atoms with Crippen LogP contribution in [0.15, 0.2) is 52.6 Å². The summed E-state index contributed by atoms with van der Waals surface area (Å²) in [7, 11) is -5.29. The van der Waals surface area contributed by atoms with E-state index in [2.05, 4.69) is 32.3 Å². The molecule has 1 unspecified atom stereocenters. The Kier molecular flexibility index (Phi) is 5.72. The van der Waals surface area contributed by atoms with Crippen LogP contribution in [0.3, 0.4) is 0 Å². The highest BCUT2D eigenvalue weighted by atomic mass is 32.2. The Morgan fingerprint density at radius 2 is 1.92 bits per heavy atom. The number of sulfonamides is 1. The van der Waals surface area contributed by atoms with E-state index in [-0.39, 0.29) is 5.92 Å². The maximum absolute atomic E-state index is 12.9. The van der Waals surface area contributed by atoms with Crippen molar-refractivity contribution in [1.82, 2.24) is 4.31 Å². The fraction of sp³-hybridized carbons (Fsp3) is 0.421. The first-order chi connectivity index (χ1) is 11.6. The van der Waals surface area contributed by atoms with Gasteiger partial charge in [-0.3, -0.25) is 0 Å². The molecular weight excluding hydrogens is 348 g/mol. The number of hydrogen-bond acceptors (Lipinski definition) is 3. The van der Waals surface area contributed by atoms with Gasteiger partial charge in [-0.25, -0.2) is 8.42 Å². The average molecular weight is 375 g/mol. The second-order valence-electron chi connectivity index (χ2n) is 7.53. The lowest BCUT2D eigenvalue weighted by Crippen LogP contribution is -2.42. The Balaban J connectivity index is 2.36. The van der Waals surface area contributed by atoms with Crippen molar-refractivity contribution in [2.45, 2.75) is 37.9 Å². The molecule has 1 saturated heterocycles. The first kappa shape index (κ1) is 19.6. The summed E-state index contributed by atoms with van der Waals surface area (Å²) in [5.74, 6) is -0.102. The van der Waals surface area contributed by atoms with Gasteiger partial charge in [0.1, 0.15) is 0 Å². The van der Waals surface area contributed by atoms with Gasteiger partial charge in [0.05, 0.1) is 19.0 Å². The summed E-state index contributed by atoms with van der Waals surface area (Å²) in [5.41, 5.74) is 2.10. The van der Waals surface area contributed by atoms with Crippen LogP contribution in [0.2, 0.25) is 19.6 Å². The Hall–Kier alpha value is -1.68. The molecule has 2 rings (SSSR count). The molecule has 4 nitrogen and oxygen atoms in total. The quantitative estimate of drug-likeness (QED) is 0.456. The standard InChI is InChI=1S/C19H26N2O2SSi/c1-6-16-14-21(12-11-18(16)19(13-20)25(3,4)5)24(22,23)17-9-7-15(2)8-10-17/h6-10,16H,1,11-12,14H2,2-5H3/b19-18-. The molecule has 0 aromatic heterocycles. The van der Waals surface area contributed by atoms with Crippen molar-refractivity contribution in [3.63, 3.8) is 0 Å². The molecule has 1 aliphatic heterocycles. The minimum Gasteiger partial charge on any atom is -0.207 e. The Labute approximate surface area is 152 Å². The highest BCUT2D eigenvalue weighted by molar-refractivity contribution is 7.89. The van der Waals surface area contributed by atoms with Crippen molar-refractivity contribution in [3.05, 3.63) is 53.3 Å². The van der Waals surface area contributed by atoms with Crippen LogP contribution in [0.5, 0.6) is 0 Å². The van der Waals surface area contributed by atoms with Crippen molar-refractivity contribution in [2.24, 2.45) is 5.92 Å². The van der Waals surface area contributed by atoms with Gasteiger partial charge in [-0.1, -0.05) is 49.0 Å². The number of allylic oxidation sites excluding steroid dienone is 1. The molecule has 1 heterocycles. The van der Waals surface area contributed by atoms with Crippen LogP contribution in [0, 0.1) is 24.2 Å². The van der Waals surface area contributed by atoms with Crippen molar-refractivity contribution < 1.29 is 8.42 Å². The van der Waals surface area contributed by atoms with Gasteiger partial charge in [0.2, 0.25) is 10.0 Å². The average Bonchev–Trinajstić information content (AvgIpc) is 2.54. The van der Waals surface area contributed by atoms with E-state index in [0.717, 1.165) is 16.3 Å². The zero-order chi connectivity index (χ0) is 18.8. The summed E-state index contributed by atoms with van der Waals surface area (Å²) in [6.45, 7) is 13.0. The highest BCUT2D eigenvalue weighted by Crippen LogP contribution is 2.33. The number of nitrogens with zero attached hydrogens (tertiary/aromatic N) is 2. The molecule has 0 N–H and O–H groups in total. The van der Waals surface area contributed by atoms with E-state index in [9.17, 15) is 13.7 Å². The van der Waals surface area contributed by atoms with Crippen LogP contribution in [-0.4, -0.2) is 33.9 Å². The zero-order valence-corrected chi connectivity index (χ0v) is 17.2. The molecule has 1 fully saturated rings. The largest absolute Gasteiger partial charge is 0.243 e. The fourth-order valence-corrected chi connectivity index (χ4v) is 6.25. The molecule has 0 aliphatic carbocycles. The predicted molar refractivity (Wildman–Crippen MR) is 104 cm³/mol. The monoisotopic (exact) mass is 374 g/mol. The minimum absolute atomic E-state index is 0.102. The second kappa shape index (κ2) is 7.28. The van der Waals surface area contributed by atoms with Gasteiger partial charge in [-0.15, -0.1) is 6.58 Å². The lowest BCUT2D eigenvalue weighted by molar-refractivity contribution is 0.351. The van der Waals surface area contributed by atoms with Crippen molar-refractivity contribution >= 4 is 18.1 Å². The smallest absolute Gasteiger partial charge is 0.207 e. The summed E-state index contributed by atoms with van der Waals surface area (Å²) in [6, 6.07) is 9.33. The third kappa shape index (κ3) is 4.11. The summed E-state index contributed by atoms with van der Waals surface area (Å²) in [4.78, 5) is 0.319. The number of hydrogen-bond donors (Lipinski definition) is 0. The van der Waals surface area contributed by atoms with Crippen LogP contribution in [0.1, 0.15) is 12.0 Å². The normalized spacial score (nSPS) is 21.5. The van der Waals surface area contributed by atoms with E-state index in [0.29, 0.717) is 24.4 Å². The first-order valence-electron chi connectivity index (χ1n) is 8.44.